The van der Waals surface area contributed by atoms with E-state index in [4.69, 9.17) is 4.74 Å². The van der Waals surface area contributed by atoms with Gasteiger partial charge in [-0.05, 0) is 29.8 Å². The van der Waals surface area contributed by atoms with Gasteiger partial charge in [0, 0.05) is 35.1 Å². The number of nitrogens with zero attached hydrogens (tertiary/aromatic N) is 1. The van der Waals surface area contributed by atoms with Crippen LogP contribution in [0.15, 0.2) is 48.7 Å². The van der Waals surface area contributed by atoms with Crippen LogP contribution in [-0.4, -0.2) is 30.2 Å². The average molecular weight is 308 g/mol. The summed E-state index contributed by atoms with van der Waals surface area (Å²) in [6, 6.07) is 12.4. The lowest BCUT2D eigenvalue weighted by Gasteiger charge is -2.11. The number of carbonyl (C=O) groups is 1. The van der Waals surface area contributed by atoms with E-state index in [0.29, 0.717) is 16.8 Å². The lowest BCUT2D eigenvalue weighted by Crippen LogP contribution is -2.17. The van der Waals surface area contributed by atoms with Crippen LogP contribution >= 0.6 is 0 Å². The monoisotopic (exact) mass is 308 g/mol. The normalized spacial score (nSPS) is 10.5. The number of phenols is 1. The fourth-order valence-corrected chi connectivity index (χ4v) is 2.59. The summed E-state index contributed by atoms with van der Waals surface area (Å²) in [7, 11) is 3.14. The molecule has 2 aromatic carbocycles. The number of hydrogen-bond acceptors (Lipinski definition) is 4. The summed E-state index contributed by atoms with van der Waals surface area (Å²) in [4.78, 5) is 15.9. The van der Waals surface area contributed by atoms with Gasteiger partial charge in [0.2, 0.25) is 5.88 Å². The van der Waals surface area contributed by atoms with Gasteiger partial charge in [-0.25, -0.2) is 4.98 Å². The van der Waals surface area contributed by atoms with Crippen molar-refractivity contribution in [2.75, 3.05) is 14.2 Å². The van der Waals surface area contributed by atoms with Gasteiger partial charge in [0.05, 0.1) is 7.11 Å². The number of nitrogens with one attached hydrogen (secondary N) is 1. The second kappa shape index (κ2) is 5.96. The number of rotatable bonds is 3. The highest BCUT2D eigenvalue weighted by atomic mass is 16.5. The zero-order valence-corrected chi connectivity index (χ0v) is 12.8. The largest absolute Gasteiger partial charge is 0.507 e. The molecule has 5 heteroatoms. The number of ether oxygens (including phenoxy) is 1. The van der Waals surface area contributed by atoms with Gasteiger partial charge in [0.25, 0.3) is 5.91 Å². The molecule has 0 saturated heterocycles. The third kappa shape index (κ3) is 2.57. The molecule has 0 aliphatic rings. The molecule has 116 valence electrons. The first-order chi connectivity index (χ1) is 11.2. The molecule has 3 aromatic rings. The molecule has 0 aliphatic carbocycles. The lowest BCUT2D eigenvalue weighted by molar-refractivity contribution is 0.0963. The molecule has 0 bridgehead atoms. The predicted octanol–water partition coefficient (Wildman–Crippen LogP) is 2.98. The van der Waals surface area contributed by atoms with Gasteiger partial charge in [-0.1, -0.05) is 18.2 Å². The first kappa shape index (κ1) is 14.8. The van der Waals surface area contributed by atoms with Crippen LogP contribution in [0, 0.1) is 0 Å². The molecule has 0 radical (unpaired) electrons. The number of benzene rings is 2. The van der Waals surface area contributed by atoms with Crippen molar-refractivity contribution in [1.29, 1.82) is 0 Å². The van der Waals surface area contributed by atoms with Crippen molar-refractivity contribution in [1.82, 2.24) is 10.3 Å². The Hall–Kier alpha value is -3.08. The molecule has 5 nitrogen and oxygen atoms in total. The first-order valence-electron chi connectivity index (χ1n) is 7.13. The predicted molar refractivity (Wildman–Crippen MR) is 88.8 cm³/mol. The van der Waals surface area contributed by atoms with Crippen LogP contribution in [0.2, 0.25) is 0 Å². The van der Waals surface area contributed by atoms with Gasteiger partial charge in [-0.2, -0.15) is 0 Å². The fourth-order valence-electron chi connectivity index (χ4n) is 2.59. The van der Waals surface area contributed by atoms with Crippen molar-refractivity contribution in [2.24, 2.45) is 0 Å². The zero-order valence-electron chi connectivity index (χ0n) is 12.8. The Morgan fingerprint density at radius 3 is 2.57 bits per heavy atom. The molecule has 0 aliphatic heterocycles. The summed E-state index contributed by atoms with van der Waals surface area (Å²) in [5.41, 5.74) is 2.22. The van der Waals surface area contributed by atoms with Crippen molar-refractivity contribution < 1.29 is 14.6 Å². The summed E-state index contributed by atoms with van der Waals surface area (Å²) in [5, 5.41) is 14.3. The third-order valence-electron chi connectivity index (χ3n) is 3.73. The van der Waals surface area contributed by atoms with E-state index < -0.39 is 0 Å². The Kier molecular flexibility index (Phi) is 3.85. The van der Waals surface area contributed by atoms with Crippen LogP contribution in [0.1, 0.15) is 10.4 Å². The Labute approximate surface area is 133 Å². The molecule has 0 atom stereocenters. The second-order valence-corrected chi connectivity index (χ2v) is 5.04. The number of methoxy groups -OCH3 is 1. The fraction of sp³-hybridized carbons (Fsp3) is 0.111. The summed E-state index contributed by atoms with van der Waals surface area (Å²) < 4.78 is 5.26. The van der Waals surface area contributed by atoms with Crippen molar-refractivity contribution in [3.8, 4) is 22.8 Å². The van der Waals surface area contributed by atoms with E-state index in [2.05, 4.69) is 10.3 Å². The summed E-state index contributed by atoms with van der Waals surface area (Å²) >= 11 is 0. The van der Waals surface area contributed by atoms with Crippen molar-refractivity contribution in [3.63, 3.8) is 0 Å². The smallest absolute Gasteiger partial charge is 0.251 e. The van der Waals surface area contributed by atoms with E-state index in [9.17, 15) is 9.90 Å². The van der Waals surface area contributed by atoms with E-state index in [1.54, 1.807) is 44.6 Å². The van der Waals surface area contributed by atoms with E-state index in [1.807, 2.05) is 18.2 Å². The second-order valence-electron chi connectivity index (χ2n) is 5.04. The van der Waals surface area contributed by atoms with Crippen LogP contribution < -0.4 is 10.1 Å². The summed E-state index contributed by atoms with van der Waals surface area (Å²) in [5.74, 6) is 0.479. The highest BCUT2D eigenvalue weighted by Crippen LogP contribution is 2.37. The van der Waals surface area contributed by atoms with Gasteiger partial charge in [-0.3, -0.25) is 4.79 Å². The molecule has 23 heavy (non-hydrogen) atoms. The maximum absolute atomic E-state index is 11.6. The average Bonchev–Trinajstić information content (AvgIpc) is 2.60. The van der Waals surface area contributed by atoms with Crippen molar-refractivity contribution >= 4 is 16.7 Å². The molecule has 0 saturated carbocycles. The van der Waals surface area contributed by atoms with Crippen LogP contribution in [-0.2, 0) is 0 Å². The maximum atomic E-state index is 11.6. The van der Waals surface area contributed by atoms with Crippen LogP contribution in [0.4, 0.5) is 0 Å². The summed E-state index contributed by atoms with van der Waals surface area (Å²) in [6.45, 7) is 0. The SMILES string of the molecule is CNC(=O)c1ccc(-c2cnc(OC)c3cccc(O)c23)cc1. The zero-order chi connectivity index (χ0) is 16.4. The van der Waals surface area contributed by atoms with E-state index in [-0.39, 0.29) is 11.7 Å². The van der Waals surface area contributed by atoms with Gasteiger partial charge >= 0.3 is 0 Å². The van der Waals surface area contributed by atoms with Crippen LogP contribution in [0.5, 0.6) is 11.6 Å². The van der Waals surface area contributed by atoms with E-state index in [0.717, 1.165) is 16.5 Å². The highest BCUT2D eigenvalue weighted by Gasteiger charge is 2.13. The number of aromatic nitrogens is 1. The standard InChI is InChI=1S/C18H16N2O3/c1-19-17(22)12-8-6-11(7-9-12)14-10-20-18(23-2)13-4-3-5-15(21)16(13)14/h3-10,21H,1-2H3,(H,19,22). The maximum Gasteiger partial charge on any atom is 0.251 e. The van der Waals surface area contributed by atoms with E-state index >= 15 is 0 Å². The topological polar surface area (TPSA) is 71.5 Å². The number of pyridine rings is 1. The molecule has 1 amide bonds. The lowest BCUT2D eigenvalue weighted by atomic mass is 9.99. The van der Waals surface area contributed by atoms with Crippen LogP contribution in [0.25, 0.3) is 21.9 Å². The number of aromatic hydroxyl groups is 1. The molecule has 2 N–H and O–H groups in total. The van der Waals surface area contributed by atoms with Gasteiger partial charge in [-0.15, -0.1) is 0 Å². The first-order valence-corrected chi connectivity index (χ1v) is 7.13. The van der Waals surface area contributed by atoms with Gasteiger partial charge < -0.3 is 15.2 Å². The molecule has 3 rings (SSSR count). The minimum absolute atomic E-state index is 0.142. The Balaban J connectivity index is 2.19. The Bertz CT molecular complexity index is 873. The molecule has 0 fully saturated rings. The quantitative estimate of drug-likeness (QED) is 0.780. The molecule has 0 unspecified atom stereocenters. The van der Waals surface area contributed by atoms with E-state index in [1.165, 1.54) is 0 Å². The molecular weight excluding hydrogens is 292 g/mol. The van der Waals surface area contributed by atoms with Crippen molar-refractivity contribution in [2.45, 2.75) is 0 Å². The Morgan fingerprint density at radius 2 is 1.91 bits per heavy atom. The third-order valence-corrected chi connectivity index (χ3v) is 3.73. The van der Waals surface area contributed by atoms with Crippen molar-refractivity contribution in [3.05, 3.63) is 54.2 Å². The minimum Gasteiger partial charge on any atom is -0.507 e. The number of phenolic OH excluding ortho intramolecular Hbond substituents is 1. The molecule has 0 spiro atoms. The number of carbonyl (C=O) groups excluding carboxylic acids is 1. The summed E-state index contributed by atoms with van der Waals surface area (Å²) in [6.07, 6.45) is 1.66. The molecular formula is C18H16N2O3. The molecule has 1 aromatic heterocycles. The number of amides is 1. The highest BCUT2D eigenvalue weighted by molar-refractivity contribution is 6.03. The van der Waals surface area contributed by atoms with Gasteiger partial charge in [0.15, 0.2) is 0 Å². The van der Waals surface area contributed by atoms with Crippen LogP contribution in [0.3, 0.4) is 0 Å². The van der Waals surface area contributed by atoms with Gasteiger partial charge in [0.1, 0.15) is 5.75 Å². The number of hydrogen-bond donors (Lipinski definition) is 2. The molecule has 1 heterocycles. The number of fused-ring (bicyclic) bond motifs is 1. The minimum atomic E-state index is -0.142. The Morgan fingerprint density at radius 1 is 1.17 bits per heavy atom.